The molecule has 21 heavy (non-hydrogen) atoms. The van der Waals surface area contributed by atoms with E-state index < -0.39 is 0 Å². The van der Waals surface area contributed by atoms with E-state index in [2.05, 4.69) is 11.8 Å². The predicted octanol–water partition coefficient (Wildman–Crippen LogP) is 0.981. The SMILES string of the molecule is C[C@H](OCC1CC1)C(=O)N1C[C@@H](C)[C@@H](N2CCOCC2)C1. The van der Waals surface area contributed by atoms with Crippen LogP contribution in [0.3, 0.4) is 0 Å². The maximum Gasteiger partial charge on any atom is 0.251 e. The second kappa shape index (κ2) is 6.63. The quantitative estimate of drug-likeness (QED) is 0.758. The van der Waals surface area contributed by atoms with Gasteiger partial charge in [-0.25, -0.2) is 0 Å². The first-order chi connectivity index (χ1) is 10.1. The smallest absolute Gasteiger partial charge is 0.251 e. The lowest BCUT2D eigenvalue weighted by Crippen LogP contribution is -2.47. The molecular formula is C16H28N2O3. The molecule has 3 fully saturated rings. The number of hydrogen-bond donors (Lipinski definition) is 0. The molecule has 2 heterocycles. The van der Waals surface area contributed by atoms with Crippen LogP contribution in [0.2, 0.25) is 0 Å². The van der Waals surface area contributed by atoms with E-state index in [1.165, 1.54) is 12.8 Å². The largest absolute Gasteiger partial charge is 0.379 e. The van der Waals surface area contributed by atoms with Gasteiger partial charge in [0.05, 0.1) is 19.8 Å². The Hall–Kier alpha value is -0.650. The number of nitrogens with zero attached hydrogens (tertiary/aromatic N) is 2. The molecule has 0 aromatic rings. The van der Waals surface area contributed by atoms with Crippen LogP contribution in [0.25, 0.3) is 0 Å². The molecule has 0 radical (unpaired) electrons. The standard InChI is InChI=1S/C16H28N2O3/c1-12-9-18(10-15(12)17-5-7-20-8-6-17)16(19)13(2)21-11-14-3-4-14/h12-15H,3-11H2,1-2H3/t12-,13+,15+/m1/s1. The predicted molar refractivity (Wildman–Crippen MR) is 80.1 cm³/mol. The summed E-state index contributed by atoms with van der Waals surface area (Å²) in [4.78, 5) is 17.0. The van der Waals surface area contributed by atoms with Crippen molar-refractivity contribution in [3.05, 3.63) is 0 Å². The summed E-state index contributed by atoms with van der Waals surface area (Å²) >= 11 is 0. The van der Waals surface area contributed by atoms with Gasteiger partial charge >= 0.3 is 0 Å². The van der Waals surface area contributed by atoms with Crippen LogP contribution < -0.4 is 0 Å². The summed E-state index contributed by atoms with van der Waals surface area (Å²) in [7, 11) is 0. The summed E-state index contributed by atoms with van der Waals surface area (Å²) in [6.45, 7) is 10.2. The third-order valence-electron chi connectivity index (χ3n) is 5.03. The van der Waals surface area contributed by atoms with Gasteiger partial charge < -0.3 is 14.4 Å². The zero-order chi connectivity index (χ0) is 14.8. The van der Waals surface area contributed by atoms with E-state index in [0.29, 0.717) is 17.9 Å². The Labute approximate surface area is 127 Å². The molecular weight excluding hydrogens is 268 g/mol. The summed E-state index contributed by atoms with van der Waals surface area (Å²) < 4.78 is 11.2. The Morgan fingerprint density at radius 1 is 1.29 bits per heavy atom. The van der Waals surface area contributed by atoms with Crippen LogP contribution in [0, 0.1) is 11.8 Å². The van der Waals surface area contributed by atoms with Crippen molar-refractivity contribution >= 4 is 5.91 Å². The Morgan fingerprint density at radius 3 is 2.67 bits per heavy atom. The highest BCUT2D eigenvalue weighted by molar-refractivity contribution is 5.80. The lowest BCUT2D eigenvalue weighted by Gasteiger charge is -2.34. The van der Waals surface area contributed by atoms with Crippen LogP contribution in [0.1, 0.15) is 26.7 Å². The third kappa shape index (κ3) is 3.76. The van der Waals surface area contributed by atoms with E-state index in [-0.39, 0.29) is 12.0 Å². The van der Waals surface area contributed by atoms with Crippen molar-refractivity contribution in [2.45, 2.75) is 38.8 Å². The van der Waals surface area contributed by atoms with Crippen molar-refractivity contribution < 1.29 is 14.3 Å². The minimum absolute atomic E-state index is 0.165. The van der Waals surface area contributed by atoms with Crippen molar-refractivity contribution in [1.82, 2.24) is 9.80 Å². The summed E-state index contributed by atoms with van der Waals surface area (Å²) in [6, 6.07) is 0.480. The fourth-order valence-corrected chi connectivity index (χ4v) is 3.41. The van der Waals surface area contributed by atoms with Gasteiger partial charge in [0.2, 0.25) is 0 Å². The molecule has 0 N–H and O–H groups in total. The maximum absolute atomic E-state index is 12.5. The number of likely N-dealkylation sites (tertiary alicyclic amines) is 1. The van der Waals surface area contributed by atoms with E-state index in [1.54, 1.807) is 0 Å². The minimum atomic E-state index is -0.291. The lowest BCUT2D eigenvalue weighted by atomic mass is 10.0. The Balaban J connectivity index is 1.50. The lowest BCUT2D eigenvalue weighted by molar-refractivity contribution is -0.142. The van der Waals surface area contributed by atoms with Crippen LogP contribution in [-0.2, 0) is 14.3 Å². The maximum atomic E-state index is 12.5. The van der Waals surface area contributed by atoms with Gasteiger partial charge in [-0.05, 0) is 31.6 Å². The van der Waals surface area contributed by atoms with Crippen molar-refractivity contribution in [2.24, 2.45) is 11.8 Å². The van der Waals surface area contributed by atoms with E-state index in [9.17, 15) is 4.79 Å². The molecule has 2 saturated heterocycles. The van der Waals surface area contributed by atoms with Crippen LogP contribution in [0.5, 0.6) is 0 Å². The van der Waals surface area contributed by atoms with E-state index in [4.69, 9.17) is 9.47 Å². The summed E-state index contributed by atoms with van der Waals surface area (Å²) in [5, 5.41) is 0. The van der Waals surface area contributed by atoms with Crippen molar-refractivity contribution in [2.75, 3.05) is 46.0 Å². The molecule has 3 rings (SSSR count). The first-order valence-electron chi connectivity index (χ1n) is 8.37. The summed E-state index contributed by atoms with van der Waals surface area (Å²) in [5.41, 5.74) is 0. The zero-order valence-electron chi connectivity index (χ0n) is 13.3. The number of carbonyl (C=O) groups excluding carboxylic acids is 1. The number of hydrogen-bond acceptors (Lipinski definition) is 4. The van der Waals surface area contributed by atoms with Gasteiger partial charge in [-0.1, -0.05) is 6.92 Å². The van der Waals surface area contributed by atoms with Crippen LogP contribution in [0.15, 0.2) is 0 Å². The Bertz CT molecular complexity index is 367. The highest BCUT2D eigenvalue weighted by Crippen LogP contribution is 2.29. The van der Waals surface area contributed by atoms with Crippen molar-refractivity contribution in [1.29, 1.82) is 0 Å². The zero-order valence-corrected chi connectivity index (χ0v) is 13.3. The second-order valence-electron chi connectivity index (χ2n) is 6.86. The molecule has 2 aliphatic heterocycles. The van der Waals surface area contributed by atoms with Gasteiger partial charge in [-0.2, -0.15) is 0 Å². The second-order valence-corrected chi connectivity index (χ2v) is 6.86. The minimum Gasteiger partial charge on any atom is -0.379 e. The van der Waals surface area contributed by atoms with Gasteiger partial charge in [0, 0.05) is 32.2 Å². The molecule has 3 atom stereocenters. The van der Waals surface area contributed by atoms with Crippen molar-refractivity contribution in [3.8, 4) is 0 Å². The molecule has 0 aromatic carbocycles. The van der Waals surface area contributed by atoms with Crippen LogP contribution >= 0.6 is 0 Å². The number of ether oxygens (including phenoxy) is 2. The molecule has 120 valence electrons. The van der Waals surface area contributed by atoms with Gasteiger partial charge in [0.25, 0.3) is 5.91 Å². The van der Waals surface area contributed by atoms with E-state index in [1.807, 2.05) is 11.8 Å². The third-order valence-corrected chi connectivity index (χ3v) is 5.03. The van der Waals surface area contributed by atoms with Gasteiger partial charge in [-0.15, -0.1) is 0 Å². The number of morpholine rings is 1. The molecule has 5 heteroatoms. The normalized spacial score (nSPS) is 32.4. The molecule has 0 spiro atoms. The molecule has 1 amide bonds. The van der Waals surface area contributed by atoms with Gasteiger partial charge in [-0.3, -0.25) is 9.69 Å². The molecule has 0 aromatic heterocycles. The topological polar surface area (TPSA) is 42.0 Å². The van der Waals surface area contributed by atoms with Gasteiger partial charge in [0.1, 0.15) is 6.10 Å². The average molecular weight is 296 g/mol. The van der Waals surface area contributed by atoms with Crippen LogP contribution in [0.4, 0.5) is 0 Å². The number of carbonyl (C=O) groups is 1. The molecule has 0 unspecified atom stereocenters. The van der Waals surface area contributed by atoms with E-state index in [0.717, 1.165) is 46.0 Å². The molecule has 1 saturated carbocycles. The van der Waals surface area contributed by atoms with Gasteiger partial charge in [0.15, 0.2) is 0 Å². The molecule has 1 aliphatic carbocycles. The molecule has 5 nitrogen and oxygen atoms in total. The fraction of sp³-hybridized carbons (Fsp3) is 0.938. The van der Waals surface area contributed by atoms with Crippen LogP contribution in [-0.4, -0.2) is 73.9 Å². The summed E-state index contributed by atoms with van der Waals surface area (Å²) in [6.07, 6.45) is 2.24. The first kappa shape index (κ1) is 15.3. The fourth-order valence-electron chi connectivity index (χ4n) is 3.41. The Kier molecular flexibility index (Phi) is 4.82. The monoisotopic (exact) mass is 296 g/mol. The van der Waals surface area contributed by atoms with Crippen molar-refractivity contribution in [3.63, 3.8) is 0 Å². The highest BCUT2D eigenvalue weighted by atomic mass is 16.5. The first-order valence-corrected chi connectivity index (χ1v) is 8.37. The highest BCUT2D eigenvalue weighted by Gasteiger charge is 2.38. The average Bonchev–Trinajstić information content (AvgIpc) is 3.26. The Morgan fingerprint density at radius 2 is 2.00 bits per heavy atom. The molecule has 0 bridgehead atoms. The van der Waals surface area contributed by atoms with E-state index >= 15 is 0 Å². The number of rotatable bonds is 5. The number of amides is 1. The summed E-state index contributed by atoms with van der Waals surface area (Å²) in [5.74, 6) is 1.40. The molecule has 3 aliphatic rings.